The van der Waals surface area contributed by atoms with E-state index in [2.05, 4.69) is 29.0 Å². The van der Waals surface area contributed by atoms with Crippen LogP contribution in [0.5, 0.6) is 11.5 Å². The number of aryl methyl sites for hydroxylation is 1. The fourth-order valence-electron chi connectivity index (χ4n) is 4.08. The number of hydrogen-bond acceptors (Lipinski definition) is 5. The Balaban J connectivity index is 1.69. The summed E-state index contributed by atoms with van der Waals surface area (Å²) in [5.41, 5.74) is 2.85. The van der Waals surface area contributed by atoms with Crippen molar-refractivity contribution in [1.29, 1.82) is 0 Å². The molecule has 180 valence electrons. The van der Waals surface area contributed by atoms with Crippen LogP contribution in [0.15, 0.2) is 72.8 Å². The van der Waals surface area contributed by atoms with Gasteiger partial charge in [0.2, 0.25) is 11.9 Å². The Morgan fingerprint density at radius 3 is 2.34 bits per heavy atom. The Kier molecular flexibility index (Phi) is 7.93. The molecule has 0 unspecified atom stereocenters. The van der Waals surface area contributed by atoms with Gasteiger partial charge < -0.3 is 9.64 Å². The molecule has 0 aliphatic rings. The van der Waals surface area contributed by atoms with Crippen LogP contribution in [0.1, 0.15) is 37.8 Å². The lowest BCUT2D eigenvalue weighted by Crippen LogP contribution is -2.27. The second kappa shape index (κ2) is 11.5. The number of carbonyl (C=O) groups excluding carboxylic acids is 1. The smallest absolute Gasteiger partial charge is 0.231 e. The molecule has 35 heavy (non-hydrogen) atoms. The monoisotopic (exact) mass is 468 g/mol. The van der Waals surface area contributed by atoms with Gasteiger partial charge in [0.25, 0.3) is 0 Å². The summed E-state index contributed by atoms with van der Waals surface area (Å²) in [6, 6.07) is 23.5. The van der Waals surface area contributed by atoms with E-state index in [-0.39, 0.29) is 12.3 Å². The predicted molar refractivity (Wildman–Crippen MR) is 142 cm³/mol. The summed E-state index contributed by atoms with van der Waals surface area (Å²) in [7, 11) is 0. The quantitative estimate of drug-likeness (QED) is 0.286. The van der Waals surface area contributed by atoms with Crippen LogP contribution in [0.4, 0.5) is 11.8 Å². The van der Waals surface area contributed by atoms with Gasteiger partial charge in [0.05, 0.1) is 11.9 Å². The predicted octanol–water partition coefficient (Wildman–Crippen LogP) is 6.54. The lowest BCUT2D eigenvalue weighted by atomic mass is 10.1. The molecule has 1 amide bonds. The minimum Gasteiger partial charge on any atom is -0.457 e. The Hall–Kier alpha value is -3.93. The number of ether oxygens (including phenoxy) is 1. The van der Waals surface area contributed by atoms with Crippen LogP contribution in [0.3, 0.4) is 0 Å². The maximum Gasteiger partial charge on any atom is 0.231 e. The van der Waals surface area contributed by atoms with Crippen molar-refractivity contribution in [1.82, 2.24) is 9.97 Å². The third-order valence-corrected chi connectivity index (χ3v) is 5.62. The average Bonchev–Trinajstić information content (AvgIpc) is 2.84. The number of aromatic nitrogens is 2. The highest BCUT2D eigenvalue weighted by Crippen LogP contribution is 2.31. The van der Waals surface area contributed by atoms with Crippen molar-refractivity contribution in [3.8, 4) is 11.5 Å². The number of anilines is 2. The second-order valence-corrected chi connectivity index (χ2v) is 8.67. The highest BCUT2D eigenvalue weighted by atomic mass is 16.5. The number of nitrogens with one attached hydrogen (secondary N) is 1. The first-order chi connectivity index (χ1) is 17.1. The SMILES string of the molecule is CCCN(CCC)c1nc(NC(=O)Cc2ccccc2)nc2ccc(Oc3cccc(C)c3)cc12. The van der Waals surface area contributed by atoms with Gasteiger partial charge in [-0.3, -0.25) is 10.1 Å². The first-order valence-electron chi connectivity index (χ1n) is 12.2. The highest BCUT2D eigenvalue weighted by Gasteiger charge is 2.16. The van der Waals surface area contributed by atoms with E-state index in [1.807, 2.05) is 79.7 Å². The summed E-state index contributed by atoms with van der Waals surface area (Å²) >= 11 is 0. The van der Waals surface area contributed by atoms with Crippen molar-refractivity contribution < 1.29 is 9.53 Å². The first kappa shape index (κ1) is 24.2. The van der Waals surface area contributed by atoms with Gasteiger partial charge >= 0.3 is 0 Å². The zero-order chi connectivity index (χ0) is 24.6. The summed E-state index contributed by atoms with van der Waals surface area (Å²) in [5, 5.41) is 3.80. The Morgan fingerprint density at radius 1 is 0.886 bits per heavy atom. The van der Waals surface area contributed by atoms with E-state index in [9.17, 15) is 4.79 Å². The van der Waals surface area contributed by atoms with Crippen molar-refractivity contribution in [3.63, 3.8) is 0 Å². The number of carbonyl (C=O) groups is 1. The summed E-state index contributed by atoms with van der Waals surface area (Å²) < 4.78 is 6.14. The van der Waals surface area contributed by atoms with Crippen LogP contribution >= 0.6 is 0 Å². The molecule has 0 spiro atoms. The second-order valence-electron chi connectivity index (χ2n) is 8.67. The molecule has 0 bridgehead atoms. The van der Waals surface area contributed by atoms with E-state index in [0.29, 0.717) is 5.95 Å². The van der Waals surface area contributed by atoms with Crippen LogP contribution < -0.4 is 15.0 Å². The number of fused-ring (bicyclic) bond motifs is 1. The fraction of sp³-hybridized carbons (Fsp3) is 0.276. The molecule has 6 heteroatoms. The maximum atomic E-state index is 12.7. The van der Waals surface area contributed by atoms with E-state index in [1.54, 1.807) is 0 Å². The van der Waals surface area contributed by atoms with E-state index in [4.69, 9.17) is 9.72 Å². The molecule has 4 aromatic rings. The molecule has 0 fully saturated rings. The van der Waals surface area contributed by atoms with Gasteiger partial charge in [0.1, 0.15) is 17.3 Å². The Labute approximate surface area is 207 Å². The molecule has 0 saturated carbocycles. The summed E-state index contributed by atoms with van der Waals surface area (Å²) in [5.74, 6) is 2.50. The van der Waals surface area contributed by atoms with Crippen LogP contribution in [0.25, 0.3) is 10.9 Å². The zero-order valence-corrected chi connectivity index (χ0v) is 20.6. The van der Waals surface area contributed by atoms with Gasteiger partial charge in [-0.2, -0.15) is 4.98 Å². The third kappa shape index (κ3) is 6.35. The van der Waals surface area contributed by atoms with Gasteiger partial charge in [-0.1, -0.05) is 56.3 Å². The number of nitrogens with zero attached hydrogens (tertiary/aromatic N) is 3. The van der Waals surface area contributed by atoms with E-state index in [1.165, 1.54) is 0 Å². The molecule has 0 aliphatic carbocycles. The number of amides is 1. The van der Waals surface area contributed by atoms with Crippen molar-refractivity contribution >= 4 is 28.6 Å². The van der Waals surface area contributed by atoms with Gasteiger partial charge in [0, 0.05) is 18.5 Å². The maximum absolute atomic E-state index is 12.7. The average molecular weight is 469 g/mol. The van der Waals surface area contributed by atoms with Crippen molar-refractivity contribution in [2.24, 2.45) is 0 Å². The molecule has 0 radical (unpaired) electrons. The lowest BCUT2D eigenvalue weighted by molar-refractivity contribution is -0.115. The van der Waals surface area contributed by atoms with Gasteiger partial charge in [-0.25, -0.2) is 4.98 Å². The molecule has 3 aromatic carbocycles. The largest absolute Gasteiger partial charge is 0.457 e. The molecular formula is C29H32N4O2. The molecule has 1 aromatic heterocycles. The standard InChI is InChI=1S/C29H32N4O2/c1-4-16-33(17-5-2)28-25-20-24(35-23-13-9-10-21(3)18-23)14-15-26(25)30-29(32-28)31-27(34)19-22-11-7-6-8-12-22/h6-15,18,20H,4-5,16-17,19H2,1-3H3,(H,30,31,32,34). The molecule has 0 saturated heterocycles. The molecule has 0 aliphatic heterocycles. The zero-order valence-electron chi connectivity index (χ0n) is 20.6. The van der Waals surface area contributed by atoms with Gasteiger partial charge in [-0.05, 0) is 61.2 Å². The first-order valence-corrected chi connectivity index (χ1v) is 12.2. The molecule has 1 N–H and O–H groups in total. The van der Waals surface area contributed by atoms with E-state index in [0.717, 1.165) is 65.3 Å². The summed E-state index contributed by atoms with van der Waals surface area (Å²) in [6.07, 6.45) is 2.25. The number of hydrogen-bond donors (Lipinski definition) is 1. The van der Waals surface area contributed by atoms with E-state index >= 15 is 0 Å². The van der Waals surface area contributed by atoms with Gasteiger partial charge in [0.15, 0.2) is 0 Å². The normalized spacial score (nSPS) is 10.8. The van der Waals surface area contributed by atoms with Crippen molar-refractivity contribution in [3.05, 3.63) is 83.9 Å². The van der Waals surface area contributed by atoms with Crippen LogP contribution in [0.2, 0.25) is 0 Å². The highest BCUT2D eigenvalue weighted by molar-refractivity contribution is 5.95. The minimum absolute atomic E-state index is 0.140. The van der Waals surface area contributed by atoms with Crippen LogP contribution in [-0.2, 0) is 11.2 Å². The third-order valence-electron chi connectivity index (χ3n) is 5.62. The van der Waals surface area contributed by atoms with Crippen LogP contribution in [0, 0.1) is 6.92 Å². The molecular weight excluding hydrogens is 436 g/mol. The Bertz CT molecular complexity index is 1280. The summed E-state index contributed by atoms with van der Waals surface area (Å²) in [4.78, 5) is 24.4. The molecule has 6 nitrogen and oxygen atoms in total. The topological polar surface area (TPSA) is 67.4 Å². The Morgan fingerprint density at radius 2 is 1.63 bits per heavy atom. The lowest BCUT2D eigenvalue weighted by Gasteiger charge is -2.24. The van der Waals surface area contributed by atoms with Gasteiger partial charge in [-0.15, -0.1) is 0 Å². The fourth-order valence-corrected chi connectivity index (χ4v) is 4.08. The van der Waals surface area contributed by atoms with E-state index < -0.39 is 0 Å². The van der Waals surface area contributed by atoms with Crippen LogP contribution in [-0.4, -0.2) is 29.0 Å². The number of rotatable bonds is 10. The number of benzene rings is 3. The van der Waals surface area contributed by atoms with Crippen molar-refractivity contribution in [2.75, 3.05) is 23.3 Å². The molecule has 1 heterocycles. The molecule has 4 rings (SSSR count). The molecule has 0 atom stereocenters. The minimum atomic E-state index is -0.140. The van der Waals surface area contributed by atoms with Crippen molar-refractivity contribution in [2.45, 2.75) is 40.0 Å². The summed E-state index contributed by atoms with van der Waals surface area (Å²) in [6.45, 7) is 8.07.